The molecule has 1 aliphatic rings. The molecule has 1 unspecified atom stereocenters. The van der Waals surface area contributed by atoms with E-state index >= 15 is 0 Å². The van der Waals surface area contributed by atoms with Gasteiger partial charge in [-0.25, -0.2) is 13.8 Å². The Hall–Kier alpha value is -3.85. The number of fused-ring (bicyclic) bond motifs is 1. The van der Waals surface area contributed by atoms with Crippen molar-refractivity contribution in [2.24, 2.45) is 0 Å². The number of Topliss-reactive ketones (excluding diaryl/α,β-unsaturated/α-hetero) is 1. The van der Waals surface area contributed by atoms with Crippen molar-refractivity contribution in [3.05, 3.63) is 88.9 Å². The maximum atomic E-state index is 13.7. The number of aryl methyl sites for hydroxylation is 1. The Morgan fingerprint density at radius 3 is 2.47 bits per heavy atom. The number of halogens is 2. The predicted molar refractivity (Wildman–Crippen MR) is 114 cm³/mol. The second-order valence-electron chi connectivity index (χ2n) is 7.23. The molecule has 0 aliphatic carbocycles. The normalized spacial score (nSPS) is 18.1. The monoisotopic (exact) mass is 452 g/mol. The molecule has 1 saturated heterocycles. The summed E-state index contributed by atoms with van der Waals surface area (Å²) in [5, 5.41) is 11.1. The average Bonchev–Trinajstić information content (AvgIpc) is 3.44. The van der Waals surface area contributed by atoms with E-state index in [4.69, 9.17) is 4.42 Å². The first-order chi connectivity index (χ1) is 15.3. The summed E-state index contributed by atoms with van der Waals surface area (Å²) in [6.07, 6.45) is 0. The highest BCUT2D eigenvalue weighted by Gasteiger charge is 2.49. The number of aliphatic hydroxyl groups excluding tert-OH is 1. The highest BCUT2D eigenvalue weighted by Crippen LogP contribution is 2.44. The minimum atomic E-state index is -1.10. The number of carbonyl (C=O) groups excluding carboxylic acids is 2. The van der Waals surface area contributed by atoms with Crippen molar-refractivity contribution < 1.29 is 27.9 Å². The summed E-state index contributed by atoms with van der Waals surface area (Å²) in [5.74, 6) is -2.48. The average molecular weight is 452 g/mol. The second-order valence-corrected chi connectivity index (χ2v) is 8.24. The third-order valence-corrected chi connectivity index (χ3v) is 6.16. The number of thiazole rings is 1. The van der Waals surface area contributed by atoms with Gasteiger partial charge in [0.2, 0.25) is 0 Å². The van der Waals surface area contributed by atoms with Crippen LogP contribution in [0.25, 0.3) is 16.0 Å². The highest BCUT2D eigenvalue weighted by molar-refractivity contribution is 7.22. The van der Waals surface area contributed by atoms with E-state index in [1.165, 1.54) is 30.3 Å². The summed E-state index contributed by atoms with van der Waals surface area (Å²) in [5.41, 5.74) is 0.423. The van der Waals surface area contributed by atoms with Gasteiger partial charge in [-0.05, 0) is 61.5 Å². The van der Waals surface area contributed by atoms with E-state index in [-0.39, 0.29) is 22.0 Å². The largest absolute Gasteiger partial charge is 0.507 e. The highest BCUT2D eigenvalue weighted by atomic mass is 32.1. The molecule has 1 N–H and O–H groups in total. The lowest BCUT2D eigenvalue weighted by Gasteiger charge is -2.20. The molecule has 160 valence electrons. The van der Waals surface area contributed by atoms with Crippen molar-refractivity contribution in [2.75, 3.05) is 4.90 Å². The first-order valence-corrected chi connectivity index (χ1v) is 10.3. The first kappa shape index (κ1) is 20.1. The first-order valence-electron chi connectivity index (χ1n) is 9.53. The van der Waals surface area contributed by atoms with Gasteiger partial charge in [-0.3, -0.25) is 14.5 Å². The molecule has 0 radical (unpaired) electrons. The van der Waals surface area contributed by atoms with E-state index in [2.05, 4.69) is 4.98 Å². The van der Waals surface area contributed by atoms with Gasteiger partial charge in [0.15, 0.2) is 5.13 Å². The molecule has 3 heterocycles. The Morgan fingerprint density at radius 2 is 1.78 bits per heavy atom. The number of hydrogen-bond acceptors (Lipinski definition) is 6. The van der Waals surface area contributed by atoms with Crippen LogP contribution < -0.4 is 4.90 Å². The standard InChI is InChI=1S/C23H14F2N2O4S/c1-11-2-9-16(31-11)19-18(20(28)12-3-5-13(24)6-4-12)21(29)22(30)27(19)23-26-15-8-7-14(25)10-17(15)32-23/h2-10,19,28H,1H3. The van der Waals surface area contributed by atoms with Crippen molar-refractivity contribution >= 4 is 44.1 Å². The third kappa shape index (κ3) is 3.18. The van der Waals surface area contributed by atoms with Gasteiger partial charge in [0.25, 0.3) is 5.78 Å². The molecule has 9 heteroatoms. The van der Waals surface area contributed by atoms with E-state index in [1.807, 2.05) is 0 Å². The van der Waals surface area contributed by atoms with Gasteiger partial charge in [0, 0.05) is 5.56 Å². The molecule has 1 amide bonds. The van der Waals surface area contributed by atoms with Gasteiger partial charge in [0.1, 0.15) is 35.0 Å². The number of furan rings is 1. The van der Waals surface area contributed by atoms with Crippen LogP contribution in [-0.2, 0) is 9.59 Å². The Bertz CT molecular complexity index is 1420. The van der Waals surface area contributed by atoms with Crippen LogP contribution in [0.5, 0.6) is 0 Å². The fourth-order valence-electron chi connectivity index (χ4n) is 3.65. The lowest BCUT2D eigenvalue weighted by molar-refractivity contribution is -0.132. The number of amides is 1. The maximum Gasteiger partial charge on any atom is 0.302 e. The summed E-state index contributed by atoms with van der Waals surface area (Å²) >= 11 is 1.04. The molecular weight excluding hydrogens is 438 g/mol. The third-order valence-electron chi connectivity index (χ3n) is 5.14. The minimum Gasteiger partial charge on any atom is -0.507 e. The number of aliphatic hydroxyl groups is 1. The predicted octanol–water partition coefficient (Wildman–Crippen LogP) is 5.10. The van der Waals surface area contributed by atoms with Crippen molar-refractivity contribution in [1.82, 2.24) is 4.98 Å². The van der Waals surface area contributed by atoms with Crippen molar-refractivity contribution in [2.45, 2.75) is 13.0 Å². The Labute approximate surface area is 184 Å². The zero-order chi connectivity index (χ0) is 22.6. The number of carbonyl (C=O) groups is 2. The van der Waals surface area contributed by atoms with Gasteiger partial charge in [-0.2, -0.15) is 0 Å². The summed E-state index contributed by atoms with van der Waals surface area (Å²) in [6.45, 7) is 1.70. The number of hydrogen-bond donors (Lipinski definition) is 1. The van der Waals surface area contributed by atoms with Crippen LogP contribution in [0.1, 0.15) is 23.1 Å². The molecule has 1 aliphatic heterocycles. The SMILES string of the molecule is Cc1ccc(C2C(=C(O)c3ccc(F)cc3)C(=O)C(=O)N2c2nc3ccc(F)cc3s2)o1. The van der Waals surface area contributed by atoms with Gasteiger partial charge in [-0.1, -0.05) is 11.3 Å². The van der Waals surface area contributed by atoms with Crippen LogP contribution in [0.15, 0.2) is 64.6 Å². The fraction of sp³-hybridized carbons (Fsp3) is 0.0870. The van der Waals surface area contributed by atoms with E-state index in [1.54, 1.807) is 19.1 Å². The molecule has 2 aromatic heterocycles. The van der Waals surface area contributed by atoms with Crippen molar-refractivity contribution in [3.63, 3.8) is 0 Å². The zero-order valence-electron chi connectivity index (χ0n) is 16.5. The minimum absolute atomic E-state index is 0.157. The number of ketones is 1. The Morgan fingerprint density at radius 1 is 1.06 bits per heavy atom. The van der Waals surface area contributed by atoms with Crippen molar-refractivity contribution in [1.29, 1.82) is 0 Å². The second kappa shape index (κ2) is 7.38. The van der Waals surface area contributed by atoms with Gasteiger partial charge in [0.05, 0.1) is 15.8 Å². The van der Waals surface area contributed by atoms with Crippen LogP contribution in [0.2, 0.25) is 0 Å². The number of aromatic nitrogens is 1. The maximum absolute atomic E-state index is 13.7. The quantitative estimate of drug-likeness (QED) is 0.266. The summed E-state index contributed by atoms with van der Waals surface area (Å²) in [6, 6.07) is 11.1. The molecule has 0 spiro atoms. The molecule has 2 aromatic carbocycles. The van der Waals surface area contributed by atoms with Gasteiger partial charge >= 0.3 is 5.91 Å². The molecule has 5 rings (SSSR count). The summed E-state index contributed by atoms with van der Waals surface area (Å²) in [4.78, 5) is 31.6. The molecule has 32 heavy (non-hydrogen) atoms. The molecule has 4 aromatic rings. The number of rotatable bonds is 3. The van der Waals surface area contributed by atoms with Crippen LogP contribution >= 0.6 is 11.3 Å². The van der Waals surface area contributed by atoms with Crippen LogP contribution in [0.3, 0.4) is 0 Å². The molecule has 1 atom stereocenters. The lowest BCUT2D eigenvalue weighted by atomic mass is 9.99. The van der Waals surface area contributed by atoms with Crippen LogP contribution in [0.4, 0.5) is 13.9 Å². The lowest BCUT2D eigenvalue weighted by Crippen LogP contribution is -2.29. The van der Waals surface area contributed by atoms with Gasteiger partial charge in [-0.15, -0.1) is 0 Å². The Balaban J connectivity index is 1.72. The molecule has 6 nitrogen and oxygen atoms in total. The smallest absolute Gasteiger partial charge is 0.302 e. The van der Waals surface area contributed by atoms with E-state index in [9.17, 15) is 23.5 Å². The topological polar surface area (TPSA) is 83.6 Å². The zero-order valence-corrected chi connectivity index (χ0v) is 17.3. The summed E-state index contributed by atoms with van der Waals surface area (Å²) < 4.78 is 33.2. The molecule has 1 fully saturated rings. The fourth-order valence-corrected chi connectivity index (χ4v) is 4.67. The van der Waals surface area contributed by atoms with Crippen LogP contribution in [0, 0.1) is 18.6 Å². The number of nitrogens with zero attached hydrogens (tertiary/aromatic N) is 2. The van der Waals surface area contributed by atoms with Crippen molar-refractivity contribution in [3.8, 4) is 0 Å². The van der Waals surface area contributed by atoms with Crippen LogP contribution in [-0.4, -0.2) is 21.8 Å². The number of benzene rings is 2. The van der Waals surface area contributed by atoms with Gasteiger partial charge < -0.3 is 9.52 Å². The molecular formula is C23H14F2N2O4S. The van der Waals surface area contributed by atoms with E-state index in [0.29, 0.717) is 16.0 Å². The molecule has 0 saturated carbocycles. The van der Waals surface area contributed by atoms with E-state index < -0.39 is 35.1 Å². The van der Waals surface area contributed by atoms with E-state index in [0.717, 1.165) is 28.4 Å². The Kier molecular flexibility index (Phi) is 4.63. The molecule has 0 bridgehead atoms. The number of anilines is 1. The summed E-state index contributed by atoms with van der Waals surface area (Å²) in [7, 11) is 0.